The molecule has 4 rings (SSSR count). The van der Waals surface area contributed by atoms with E-state index >= 15 is 0 Å². The Kier molecular flexibility index (Phi) is 3.33. The van der Waals surface area contributed by atoms with Gasteiger partial charge in [0.2, 0.25) is 11.0 Å². The van der Waals surface area contributed by atoms with E-state index in [0.29, 0.717) is 26.2 Å². The highest BCUT2D eigenvalue weighted by Gasteiger charge is 2.59. The average molecular weight is 336 g/mol. The van der Waals surface area contributed by atoms with Gasteiger partial charge in [0, 0.05) is 38.0 Å². The second kappa shape index (κ2) is 5.15. The molecule has 1 aliphatic carbocycles. The van der Waals surface area contributed by atoms with Gasteiger partial charge >= 0.3 is 5.97 Å². The molecular formula is C15H20N4O3S. The van der Waals surface area contributed by atoms with Crippen molar-refractivity contribution in [2.24, 2.45) is 17.3 Å². The van der Waals surface area contributed by atoms with Crippen molar-refractivity contribution in [3.05, 3.63) is 5.01 Å². The van der Waals surface area contributed by atoms with Crippen molar-refractivity contribution >= 4 is 28.3 Å². The van der Waals surface area contributed by atoms with E-state index in [1.54, 1.807) is 4.90 Å². The lowest BCUT2D eigenvalue weighted by atomic mass is 9.81. The number of nitrogens with zero attached hydrogens (tertiary/aromatic N) is 4. The highest BCUT2D eigenvalue weighted by Crippen LogP contribution is 2.45. The Bertz CT molecular complexity index is 659. The fourth-order valence-corrected chi connectivity index (χ4v) is 4.70. The van der Waals surface area contributed by atoms with Gasteiger partial charge in [0.05, 0.1) is 0 Å². The van der Waals surface area contributed by atoms with Crippen LogP contribution in [0.4, 0.5) is 5.13 Å². The topological polar surface area (TPSA) is 86.6 Å². The van der Waals surface area contributed by atoms with Gasteiger partial charge in [-0.25, -0.2) is 0 Å². The first kappa shape index (κ1) is 14.9. The van der Waals surface area contributed by atoms with E-state index in [1.807, 2.05) is 11.8 Å². The Morgan fingerprint density at radius 2 is 2.04 bits per heavy atom. The summed E-state index contributed by atoms with van der Waals surface area (Å²) in [5.41, 5.74) is -0.862. The Morgan fingerprint density at radius 1 is 1.26 bits per heavy atom. The van der Waals surface area contributed by atoms with Crippen LogP contribution in [-0.2, 0) is 9.59 Å². The number of hydrogen-bond acceptors (Lipinski definition) is 6. The van der Waals surface area contributed by atoms with Crippen LogP contribution in [0.25, 0.3) is 0 Å². The highest BCUT2D eigenvalue weighted by molar-refractivity contribution is 7.15. The smallest absolute Gasteiger partial charge is 0.313 e. The zero-order valence-electron chi connectivity index (χ0n) is 13.1. The normalized spacial score (nSPS) is 30.4. The Morgan fingerprint density at radius 3 is 2.57 bits per heavy atom. The zero-order valence-corrected chi connectivity index (χ0v) is 13.9. The van der Waals surface area contributed by atoms with E-state index in [2.05, 4.69) is 10.2 Å². The van der Waals surface area contributed by atoms with Crippen LogP contribution < -0.4 is 4.90 Å². The van der Waals surface area contributed by atoms with Gasteiger partial charge in [-0.15, -0.1) is 10.2 Å². The summed E-state index contributed by atoms with van der Waals surface area (Å²) < 4.78 is 0. The van der Waals surface area contributed by atoms with Crippen LogP contribution in [-0.4, -0.2) is 58.3 Å². The van der Waals surface area contributed by atoms with Gasteiger partial charge in [0.15, 0.2) is 0 Å². The molecule has 0 radical (unpaired) electrons. The van der Waals surface area contributed by atoms with Crippen molar-refractivity contribution in [2.45, 2.75) is 26.2 Å². The first-order valence-corrected chi connectivity index (χ1v) is 8.88. The molecule has 124 valence electrons. The Labute approximate surface area is 138 Å². The molecule has 1 saturated carbocycles. The largest absolute Gasteiger partial charge is 0.481 e. The lowest BCUT2D eigenvalue weighted by Crippen LogP contribution is -2.44. The number of amides is 1. The molecule has 1 amide bonds. The Hall–Kier alpha value is -1.70. The first-order chi connectivity index (χ1) is 11.0. The van der Waals surface area contributed by atoms with Gasteiger partial charge in [0.25, 0.3) is 0 Å². The standard InChI is InChI=1S/C15H20N4O3S/c1-9-16-17-14(23-9)19-6-11-5-18(12(20)10-3-2-4-10)7-15(11,8-19)13(21)22/h10-11H,2-8H2,1H3,(H,21,22)/t11-,15-/m1/s1. The summed E-state index contributed by atoms with van der Waals surface area (Å²) in [5, 5.41) is 19.7. The first-order valence-electron chi connectivity index (χ1n) is 8.07. The van der Waals surface area contributed by atoms with Crippen LogP contribution in [0.1, 0.15) is 24.3 Å². The third kappa shape index (κ3) is 2.22. The molecule has 3 heterocycles. The maximum absolute atomic E-state index is 12.5. The number of carboxylic acids is 1. The molecule has 3 aliphatic rings. The van der Waals surface area contributed by atoms with Crippen molar-refractivity contribution in [3.8, 4) is 0 Å². The second-order valence-corrected chi connectivity index (χ2v) is 8.15. The third-order valence-electron chi connectivity index (χ3n) is 5.59. The number of aryl methyl sites for hydroxylation is 1. The monoisotopic (exact) mass is 336 g/mol. The fourth-order valence-electron chi connectivity index (χ4n) is 4.01. The summed E-state index contributed by atoms with van der Waals surface area (Å²) in [4.78, 5) is 28.3. The molecule has 0 bridgehead atoms. The molecule has 0 unspecified atom stereocenters. The van der Waals surface area contributed by atoms with Gasteiger partial charge in [-0.3, -0.25) is 9.59 Å². The predicted molar refractivity (Wildman–Crippen MR) is 84.3 cm³/mol. The lowest BCUT2D eigenvalue weighted by Gasteiger charge is -2.31. The molecule has 8 heteroatoms. The van der Waals surface area contributed by atoms with Crippen LogP contribution >= 0.6 is 11.3 Å². The van der Waals surface area contributed by atoms with Crippen molar-refractivity contribution in [2.75, 3.05) is 31.1 Å². The lowest BCUT2D eigenvalue weighted by molar-refractivity contribution is -0.149. The van der Waals surface area contributed by atoms with E-state index in [0.717, 1.165) is 29.4 Å². The SMILES string of the molecule is Cc1nnc(N2C[C@H]3CN(C(=O)C4CCC4)C[C@@]3(C(=O)O)C2)s1. The number of carbonyl (C=O) groups excluding carboxylic acids is 1. The molecule has 23 heavy (non-hydrogen) atoms. The number of likely N-dealkylation sites (tertiary alicyclic amines) is 1. The van der Waals surface area contributed by atoms with Crippen LogP contribution in [0.5, 0.6) is 0 Å². The van der Waals surface area contributed by atoms with Crippen molar-refractivity contribution in [3.63, 3.8) is 0 Å². The van der Waals surface area contributed by atoms with E-state index < -0.39 is 11.4 Å². The molecule has 0 aromatic carbocycles. The number of aromatic nitrogens is 2. The summed E-state index contributed by atoms with van der Waals surface area (Å²) in [5.74, 6) is -0.547. The molecular weight excluding hydrogens is 316 g/mol. The Balaban J connectivity index is 1.54. The van der Waals surface area contributed by atoms with Gasteiger partial charge in [-0.05, 0) is 19.8 Å². The van der Waals surface area contributed by atoms with Gasteiger partial charge in [-0.1, -0.05) is 17.8 Å². The van der Waals surface area contributed by atoms with Crippen LogP contribution in [0.3, 0.4) is 0 Å². The molecule has 0 spiro atoms. The van der Waals surface area contributed by atoms with Crippen molar-refractivity contribution in [1.29, 1.82) is 0 Å². The van der Waals surface area contributed by atoms with E-state index in [1.165, 1.54) is 11.3 Å². The predicted octanol–water partition coefficient (Wildman–Crippen LogP) is 0.996. The number of carbonyl (C=O) groups is 2. The molecule has 3 fully saturated rings. The van der Waals surface area contributed by atoms with E-state index in [-0.39, 0.29) is 17.7 Å². The molecule has 1 aromatic rings. The molecule has 2 aliphatic heterocycles. The molecule has 2 saturated heterocycles. The summed E-state index contributed by atoms with van der Waals surface area (Å²) in [7, 11) is 0. The van der Waals surface area contributed by atoms with E-state index in [9.17, 15) is 14.7 Å². The van der Waals surface area contributed by atoms with Crippen LogP contribution in [0.2, 0.25) is 0 Å². The minimum atomic E-state index is -0.862. The van der Waals surface area contributed by atoms with Crippen molar-refractivity contribution in [1.82, 2.24) is 15.1 Å². The van der Waals surface area contributed by atoms with Gasteiger partial charge < -0.3 is 14.9 Å². The number of anilines is 1. The molecule has 2 atom stereocenters. The fraction of sp³-hybridized carbons (Fsp3) is 0.733. The number of hydrogen-bond donors (Lipinski definition) is 1. The van der Waals surface area contributed by atoms with Gasteiger partial charge in [0.1, 0.15) is 10.4 Å². The number of carboxylic acid groups (broad SMARTS) is 1. The quantitative estimate of drug-likeness (QED) is 0.886. The summed E-state index contributed by atoms with van der Waals surface area (Å²) in [6.45, 7) is 3.82. The number of rotatable bonds is 3. The summed E-state index contributed by atoms with van der Waals surface area (Å²) in [6.07, 6.45) is 3.02. The maximum Gasteiger partial charge on any atom is 0.313 e. The number of aliphatic carboxylic acids is 1. The third-order valence-corrected chi connectivity index (χ3v) is 6.49. The molecule has 1 N–H and O–H groups in total. The second-order valence-electron chi connectivity index (χ2n) is 6.99. The minimum Gasteiger partial charge on any atom is -0.481 e. The molecule has 7 nitrogen and oxygen atoms in total. The average Bonchev–Trinajstić information content (AvgIpc) is 3.07. The van der Waals surface area contributed by atoms with Crippen LogP contribution in [0, 0.1) is 24.2 Å². The minimum absolute atomic E-state index is 0.0340. The number of fused-ring (bicyclic) bond motifs is 1. The van der Waals surface area contributed by atoms with Crippen molar-refractivity contribution < 1.29 is 14.7 Å². The van der Waals surface area contributed by atoms with E-state index in [4.69, 9.17) is 0 Å². The maximum atomic E-state index is 12.5. The van der Waals surface area contributed by atoms with Gasteiger partial charge in [-0.2, -0.15) is 0 Å². The molecule has 1 aromatic heterocycles. The van der Waals surface area contributed by atoms with Crippen LogP contribution in [0.15, 0.2) is 0 Å². The summed E-state index contributed by atoms with van der Waals surface area (Å²) >= 11 is 1.49. The summed E-state index contributed by atoms with van der Waals surface area (Å²) in [6, 6.07) is 0. The zero-order chi connectivity index (χ0) is 16.2. The highest BCUT2D eigenvalue weighted by atomic mass is 32.1.